The van der Waals surface area contributed by atoms with Gasteiger partial charge in [-0.15, -0.1) is 12.4 Å². The van der Waals surface area contributed by atoms with E-state index in [9.17, 15) is 4.79 Å². The van der Waals surface area contributed by atoms with Gasteiger partial charge in [0.05, 0.1) is 12.6 Å². The van der Waals surface area contributed by atoms with Crippen LogP contribution >= 0.6 is 12.4 Å². The second kappa shape index (κ2) is 8.99. The van der Waals surface area contributed by atoms with Crippen molar-refractivity contribution < 1.29 is 4.79 Å². The molecule has 1 aromatic carbocycles. The normalized spacial score (nSPS) is 17.8. The summed E-state index contributed by atoms with van der Waals surface area (Å²) in [6, 6.07) is 8.36. The van der Waals surface area contributed by atoms with Gasteiger partial charge in [0, 0.05) is 45.6 Å². The summed E-state index contributed by atoms with van der Waals surface area (Å²) in [4.78, 5) is 19.0. The molecule has 1 aliphatic rings. The van der Waals surface area contributed by atoms with E-state index in [1.165, 1.54) is 5.56 Å². The minimum absolute atomic E-state index is 0. The Kier molecular flexibility index (Phi) is 6.99. The third-order valence-electron chi connectivity index (χ3n) is 4.47. The third kappa shape index (κ3) is 5.04. The van der Waals surface area contributed by atoms with Crippen molar-refractivity contribution in [3.63, 3.8) is 0 Å². The number of rotatable bonds is 5. The highest BCUT2D eigenvalue weighted by Gasteiger charge is 2.28. The SMILES string of the molecule is Cc1ccc(CNC(=O)CN2CCNCC2c2nccn2C)cc1.Cl. The molecule has 6 nitrogen and oxygen atoms in total. The quantitative estimate of drug-likeness (QED) is 0.843. The summed E-state index contributed by atoms with van der Waals surface area (Å²) >= 11 is 0. The topological polar surface area (TPSA) is 62.2 Å². The van der Waals surface area contributed by atoms with Crippen molar-refractivity contribution in [2.45, 2.75) is 19.5 Å². The van der Waals surface area contributed by atoms with Crippen LogP contribution in [0, 0.1) is 6.92 Å². The molecule has 1 atom stereocenters. The summed E-state index contributed by atoms with van der Waals surface area (Å²) in [5.74, 6) is 1.05. The van der Waals surface area contributed by atoms with Crippen molar-refractivity contribution in [3.8, 4) is 0 Å². The Labute approximate surface area is 155 Å². The first kappa shape index (κ1) is 19.4. The number of benzene rings is 1. The van der Waals surface area contributed by atoms with Crippen LogP contribution in [0.5, 0.6) is 0 Å². The second-order valence-corrected chi connectivity index (χ2v) is 6.35. The largest absolute Gasteiger partial charge is 0.351 e. The number of aryl methyl sites for hydroxylation is 2. The molecule has 3 rings (SSSR count). The minimum atomic E-state index is 0. The third-order valence-corrected chi connectivity index (χ3v) is 4.47. The molecule has 2 heterocycles. The summed E-state index contributed by atoms with van der Waals surface area (Å²) in [7, 11) is 1.99. The van der Waals surface area contributed by atoms with Gasteiger partial charge in [0.1, 0.15) is 5.82 Å². The maximum absolute atomic E-state index is 12.4. The molecule has 1 saturated heterocycles. The second-order valence-electron chi connectivity index (χ2n) is 6.35. The van der Waals surface area contributed by atoms with E-state index < -0.39 is 0 Å². The van der Waals surface area contributed by atoms with E-state index in [-0.39, 0.29) is 24.4 Å². The Morgan fingerprint density at radius 3 is 2.80 bits per heavy atom. The predicted molar refractivity (Wildman–Crippen MR) is 101 cm³/mol. The van der Waals surface area contributed by atoms with Crippen LogP contribution in [0.2, 0.25) is 0 Å². The molecule has 0 saturated carbocycles. The van der Waals surface area contributed by atoms with Crippen LogP contribution in [0.25, 0.3) is 0 Å². The zero-order chi connectivity index (χ0) is 16.9. The van der Waals surface area contributed by atoms with E-state index in [1.807, 2.05) is 17.8 Å². The highest BCUT2D eigenvalue weighted by molar-refractivity contribution is 5.85. The zero-order valence-corrected chi connectivity index (χ0v) is 15.6. The van der Waals surface area contributed by atoms with E-state index in [2.05, 4.69) is 51.7 Å². The van der Waals surface area contributed by atoms with Gasteiger partial charge in [0.25, 0.3) is 0 Å². The van der Waals surface area contributed by atoms with Crippen molar-refractivity contribution in [1.82, 2.24) is 25.1 Å². The van der Waals surface area contributed by atoms with Crippen LogP contribution in [-0.2, 0) is 18.4 Å². The van der Waals surface area contributed by atoms with Crippen molar-refractivity contribution >= 4 is 18.3 Å². The number of piperazine rings is 1. The number of hydrogen-bond donors (Lipinski definition) is 2. The van der Waals surface area contributed by atoms with Gasteiger partial charge in [-0.3, -0.25) is 9.69 Å². The van der Waals surface area contributed by atoms with Crippen LogP contribution in [0.4, 0.5) is 0 Å². The molecule has 1 amide bonds. The molecule has 1 aromatic heterocycles. The van der Waals surface area contributed by atoms with Gasteiger partial charge >= 0.3 is 0 Å². The van der Waals surface area contributed by atoms with Crippen molar-refractivity contribution in [1.29, 1.82) is 0 Å². The highest BCUT2D eigenvalue weighted by atomic mass is 35.5. The van der Waals surface area contributed by atoms with E-state index >= 15 is 0 Å². The number of carbonyl (C=O) groups is 1. The molecular weight excluding hydrogens is 338 g/mol. The fourth-order valence-electron chi connectivity index (χ4n) is 3.04. The number of halogens is 1. The Morgan fingerprint density at radius 2 is 2.12 bits per heavy atom. The number of amides is 1. The fraction of sp³-hybridized carbons (Fsp3) is 0.444. The molecule has 0 radical (unpaired) electrons. The number of hydrogen-bond acceptors (Lipinski definition) is 4. The average Bonchev–Trinajstić information content (AvgIpc) is 3.01. The molecule has 2 aromatic rings. The monoisotopic (exact) mass is 363 g/mol. The zero-order valence-electron chi connectivity index (χ0n) is 14.7. The number of aromatic nitrogens is 2. The van der Waals surface area contributed by atoms with Crippen LogP contribution in [-0.4, -0.2) is 46.5 Å². The Balaban J connectivity index is 0.00000225. The van der Waals surface area contributed by atoms with Gasteiger partial charge < -0.3 is 15.2 Å². The highest BCUT2D eigenvalue weighted by Crippen LogP contribution is 2.19. The fourth-order valence-corrected chi connectivity index (χ4v) is 3.04. The molecule has 25 heavy (non-hydrogen) atoms. The summed E-state index contributed by atoms with van der Waals surface area (Å²) in [6.07, 6.45) is 3.75. The van der Waals surface area contributed by atoms with Crippen molar-refractivity contribution in [2.24, 2.45) is 7.05 Å². The van der Waals surface area contributed by atoms with Crippen molar-refractivity contribution in [3.05, 3.63) is 53.6 Å². The van der Waals surface area contributed by atoms with Crippen molar-refractivity contribution in [2.75, 3.05) is 26.2 Å². The van der Waals surface area contributed by atoms with Gasteiger partial charge in [-0.05, 0) is 12.5 Å². The minimum Gasteiger partial charge on any atom is -0.351 e. The Bertz CT molecular complexity index is 685. The number of imidazole rings is 1. The molecule has 7 heteroatoms. The molecule has 0 bridgehead atoms. The van der Waals surface area contributed by atoms with E-state index in [4.69, 9.17) is 0 Å². The van der Waals surface area contributed by atoms with Gasteiger partial charge in [-0.1, -0.05) is 29.8 Å². The van der Waals surface area contributed by atoms with Gasteiger partial charge in [0.15, 0.2) is 0 Å². The Morgan fingerprint density at radius 1 is 1.36 bits per heavy atom. The molecule has 1 unspecified atom stereocenters. The standard InChI is InChI=1S/C18H25N5O.ClH/c1-14-3-5-15(6-4-14)11-21-17(24)13-23-10-7-19-12-16(23)18-20-8-9-22(18)2;/h3-6,8-9,16,19H,7,10-13H2,1-2H3,(H,21,24);1H. The number of nitrogens with one attached hydrogen (secondary N) is 2. The molecule has 1 fully saturated rings. The smallest absolute Gasteiger partial charge is 0.234 e. The van der Waals surface area contributed by atoms with E-state index in [0.29, 0.717) is 13.1 Å². The van der Waals surface area contributed by atoms with Crippen LogP contribution in [0.15, 0.2) is 36.7 Å². The summed E-state index contributed by atoms with van der Waals surface area (Å²) in [5.41, 5.74) is 2.35. The molecule has 1 aliphatic heterocycles. The maximum atomic E-state index is 12.4. The molecular formula is C18H26ClN5O. The van der Waals surface area contributed by atoms with Gasteiger partial charge in [0.2, 0.25) is 5.91 Å². The van der Waals surface area contributed by atoms with Gasteiger partial charge in [-0.2, -0.15) is 0 Å². The number of carbonyl (C=O) groups excluding carboxylic acids is 1. The molecule has 136 valence electrons. The lowest BCUT2D eigenvalue weighted by Gasteiger charge is -2.35. The first-order chi connectivity index (χ1) is 11.6. The van der Waals surface area contributed by atoms with Crippen LogP contribution in [0.3, 0.4) is 0 Å². The maximum Gasteiger partial charge on any atom is 0.234 e. The Hall–Kier alpha value is -1.89. The molecule has 2 N–H and O–H groups in total. The first-order valence-corrected chi connectivity index (χ1v) is 8.37. The summed E-state index contributed by atoms with van der Waals surface area (Å²) < 4.78 is 2.02. The molecule has 0 aliphatic carbocycles. The predicted octanol–water partition coefficient (Wildman–Crippen LogP) is 1.41. The summed E-state index contributed by atoms with van der Waals surface area (Å²) in [5, 5.41) is 6.41. The molecule has 0 spiro atoms. The lowest BCUT2D eigenvalue weighted by molar-refractivity contribution is -0.123. The lowest BCUT2D eigenvalue weighted by atomic mass is 10.1. The van der Waals surface area contributed by atoms with E-state index in [0.717, 1.165) is 31.0 Å². The van der Waals surface area contributed by atoms with E-state index in [1.54, 1.807) is 6.20 Å². The number of nitrogens with zero attached hydrogens (tertiary/aromatic N) is 3. The van der Waals surface area contributed by atoms with Gasteiger partial charge in [-0.25, -0.2) is 4.98 Å². The van der Waals surface area contributed by atoms with Crippen LogP contribution in [0.1, 0.15) is 23.0 Å². The first-order valence-electron chi connectivity index (χ1n) is 8.37. The lowest BCUT2D eigenvalue weighted by Crippen LogP contribution is -2.50. The average molecular weight is 364 g/mol. The van der Waals surface area contributed by atoms with Crippen LogP contribution < -0.4 is 10.6 Å². The summed E-state index contributed by atoms with van der Waals surface area (Å²) in [6.45, 7) is 5.57.